The molecular weight excluding hydrogens is 342 g/mol. The predicted octanol–water partition coefficient (Wildman–Crippen LogP) is 4.40. The maximum atomic E-state index is 2.28. The molecule has 1 aromatic rings. The van der Waals surface area contributed by atoms with E-state index in [1.807, 2.05) is 43.9 Å². The van der Waals surface area contributed by atoms with E-state index in [-0.39, 0.29) is 17.1 Å². The molecule has 0 spiro atoms. The summed E-state index contributed by atoms with van der Waals surface area (Å²) in [7, 11) is 4.28. The Labute approximate surface area is 158 Å². The molecule has 1 atom stereocenters. The van der Waals surface area contributed by atoms with Crippen LogP contribution in [0.15, 0.2) is 30.3 Å². The summed E-state index contributed by atoms with van der Waals surface area (Å²) in [4.78, 5) is 2.28. The topological polar surface area (TPSA) is 3.24 Å². The standard InChI is InChI=1S/C15H18NS.C5H5.Fe/c1-16(2)15(13-8-4-3-5-9-13)12-17-14-10-6-7-11-14;1-2-4-5-3-1;/h3-11,15H,12H2,1-2H3;1-5H;/q;;+2/t15-;;/m1../s1. The maximum Gasteiger partial charge on any atom is 2.00 e. The molecule has 1 aromatic carbocycles. The molecule has 2 aliphatic carbocycles. The van der Waals surface area contributed by atoms with E-state index < -0.39 is 0 Å². The number of benzene rings is 1. The molecule has 0 saturated heterocycles. The first kappa shape index (κ1) is 21.1. The first-order valence-electron chi connectivity index (χ1n) is 7.50. The molecule has 0 heterocycles. The Bertz CT molecular complexity index is 378. The Kier molecular flexibility index (Phi) is 11.4. The molecular formula is C20H23FeNS+2. The summed E-state index contributed by atoms with van der Waals surface area (Å²) in [5.74, 6) is 1.08. The first-order valence-corrected chi connectivity index (χ1v) is 8.48. The van der Waals surface area contributed by atoms with Crippen LogP contribution in [0.3, 0.4) is 0 Å². The zero-order chi connectivity index (χ0) is 15.6. The van der Waals surface area contributed by atoms with E-state index in [0.717, 1.165) is 5.75 Å². The summed E-state index contributed by atoms with van der Waals surface area (Å²) < 4.78 is 0. The average molecular weight is 365 g/mol. The quantitative estimate of drug-likeness (QED) is 0.712. The maximum absolute atomic E-state index is 2.28. The molecule has 0 aromatic heterocycles. The van der Waals surface area contributed by atoms with Gasteiger partial charge < -0.3 is 4.90 Å². The Hall–Kier alpha value is 0.0495. The monoisotopic (exact) mass is 365 g/mol. The number of hydrogen-bond acceptors (Lipinski definition) is 2. The minimum Gasteiger partial charge on any atom is -0.302 e. The summed E-state index contributed by atoms with van der Waals surface area (Å²) >= 11 is 1.92. The van der Waals surface area contributed by atoms with Crippen LogP contribution in [0, 0.1) is 63.0 Å². The van der Waals surface area contributed by atoms with Gasteiger partial charge in [-0.25, -0.2) is 0 Å². The summed E-state index contributed by atoms with van der Waals surface area (Å²) in [6.07, 6.45) is 18.5. The molecule has 0 N–H and O–H groups in total. The van der Waals surface area contributed by atoms with Gasteiger partial charge in [-0.1, -0.05) is 30.3 Å². The van der Waals surface area contributed by atoms with Gasteiger partial charge in [0, 0.05) is 17.0 Å². The van der Waals surface area contributed by atoms with Crippen LogP contribution in [0.5, 0.6) is 0 Å². The molecule has 0 unspecified atom stereocenters. The van der Waals surface area contributed by atoms with Crippen molar-refractivity contribution >= 4 is 11.8 Å². The molecule has 23 heavy (non-hydrogen) atoms. The van der Waals surface area contributed by atoms with Gasteiger partial charge in [-0.15, -0.1) is 0 Å². The zero-order valence-electron chi connectivity index (χ0n) is 13.6. The van der Waals surface area contributed by atoms with Crippen LogP contribution in [-0.2, 0) is 17.1 Å². The summed E-state index contributed by atoms with van der Waals surface area (Å²) in [5.41, 5.74) is 1.39. The second kappa shape index (κ2) is 12.4. The van der Waals surface area contributed by atoms with E-state index in [4.69, 9.17) is 0 Å². The average Bonchev–Trinajstić information content (AvgIpc) is 3.25. The Morgan fingerprint density at radius 1 is 0.826 bits per heavy atom. The number of hydrogen-bond donors (Lipinski definition) is 0. The van der Waals surface area contributed by atoms with Crippen LogP contribution in [0.2, 0.25) is 0 Å². The fourth-order valence-corrected chi connectivity index (χ4v) is 3.36. The fraction of sp³-hybridized carbons (Fsp3) is 0.200. The van der Waals surface area contributed by atoms with Crippen LogP contribution in [0.25, 0.3) is 0 Å². The normalized spacial score (nSPS) is 19.1. The van der Waals surface area contributed by atoms with Gasteiger partial charge in [-0.05, 0) is 77.4 Å². The van der Waals surface area contributed by atoms with Crippen LogP contribution >= 0.6 is 11.8 Å². The van der Waals surface area contributed by atoms with Gasteiger partial charge in [0.25, 0.3) is 0 Å². The predicted molar refractivity (Wildman–Crippen MR) is 97.3 cm³/mol. The third kappa shape index (κ3) is 8.11. The minimum atomic E-state index is 0. The zero-order valence-corrected chi connectivity index (χ0v) is 15.5. The third-order valence-corrected chi connectivity index (χ3v) is 4.49. The second-order valence-electron chi connectivity index (χ2n) is 5.28. The van der Waals surface area contributed by atoms with Crippen LogP contribution < -0.4 is 0 Å². The largest absolute Gasteiger partial charge is 2.00 e. The summed E-state index contributed by atoms with van der Waals surface area (Å²) in [6, 6.07) is 11.2. The molecule has 2 saturated carbocycles. The molecule has 0 bridgehead atoms. The molecule has 0 amide bonds. The minimum absolute atomic E-state index is 0. The van der Waals surface area contributed by atoms with Gasteiger partial charge in [0.1, 0.15) is 0 Å². The molecule has 120 valence electrons. The van der Waals surface area contributed by atoms with E-state index in [9.17, 15) is 0 Å². The van der Waals surface area contributed by atoms with Gasteiger partial charge in [-0.3, -0.25) is 0 Å². The molecule has 0 aliphatic heterocycles. The van der Waals surface area contributed by atoms with Gasteiger partial charge in [-0.2, -0.15) is 11.8 Å². The summed E-state index contributed by atoms with van der Waals surface area (Å²) in [6.45, 7) is 0. The van der Waals surface area contributed by atoms with Gasteiger partial charge in [0.05, 0.1) is 0 Å². The van der Waals surface area contributed by atoms with E-state index in [1.54, 1.807) is 0 Å². The molecule has 3 rings (SSSR count). The van der Waals surface area contributed by atoms with Crippen molar-refractivity contribution in [2.75, 3.05) is 19.8 Å². The van der Waals surface area contributed by atoms with E-state index in [0.29, 0.717) is 6.04 Å². The second-order valence-corrected chi connectivity index (χ2v) is 6.38. The van der Waals surface area contributed by atoms with Gasteiger partial charge >= 0.3 is 17.1 Å². The van der Waals surface area contributed by atoms with Crippen molar-refractivity contribution in [3.63, 3.8) is 0 Å². The third-order valence-electron chi connectivity index (χ3n) is 3.40. The molecule has 2 aliphatic rings. The van der Waals surface area contributed by atoms with Crippen molar-refractivity contribution in [3.8, 4) is 0 Å². The molecule has 3 heteroatoms. The van der Waals surface area contributed by atoms with Crippen LogP contribution in [0.1, 0.15) is 11.6 Å². The first-order chi connectivity index (χ1) is 10.8. The number of thioether (sulfide) groups is 1. The summed E-state index contributed by atoms with van der Waals surface area (Å²) in [5, 5.41) is 1.35. The fourth-order valence-electron chi connectivity index (χ4n) is 2.17. The van der Waals surface area contributed by atoms with Crippen LogP contribution in [0.4, 0.5) is 0 Å². The van der Waals surface area contributed by atoms with Crippen molar-refractivity contribution < 1.29 is 17.1 Å². The SMILES string of the molecule is CN(C)[C@H](CS[C]1[CH][CH][CH][CH]1)c1ccccc1.[CH]1[CH][CH][CH][CH]1.[Fe+2]. The van der Waals surface area contributed by atoms with Crippen LogP contribution in [-0.4, -0.2) is 24.7 Å². The Morgan fingerprint density at radius 2 is 1.35 bits per heavy atom. The van der Waals surface area contributed by atoms with E-state index in [1.165, 1.54) is 10.8 Å². The van der Waals surface area contributed by atoms with Gasteiger partial charge in [0.2, 0.25) is 0 Å². The van der Waals surface area contributed by atoms with Crippen molar-refractivity contribution in [2.24, 2.45) is 0 Å². The number of rotatable bonds is 5. The van der Waals surface area contributed by atoms with E-state index >= 15 is 0 Å². The van der Waals surface area contributed by atoms with Crippen molar-refractivity contribution in [2.45, 2.75) is 6.04 Å². The number of nitrogens with zero attached hydrogens (tertiary/aromatic N) is 1. The van der Waals surface area contributed by atoms with E-state index in [2.05, 4.69) is 75.0 Å². The van der Waals surface area contributed by atoms with Gasteiger partial charge in [0.15, 0.2) is 0 Å². The molecule has 10 radical (unpaired) electrons. The molecule has 1 nitrogen and oxygen atoms in total. The smallest absolute Gasteiger partial charge is 0.302 e. The van der Waals surface area contributed by atoms with Crippen molar-refractivity contribution in [1.82, 2.24) is 4.90 Å². The Morgan fingerprint density at radius 3 is 1.83 bits per heavy atom. The van der Waals surface area contributed by atoms with Crippen molar-refractivity contribution in [3.05, 3.63) is 98.9 Å². The Balaban J connectivity index is 0.000000377. The molecule has 2 fully saturated rings. The van der Waals surface area contributed by atoms with Crippen molar-refractivity contribution in [1.29, 1.82) is 0 Å².